The monoisotopic (exact) mass is 243 g/mol. The largest absolute Gasteiger partial charge is 0.389 e. The van der Waals surface area contributed by atoms with Gasteiger partial charge in [0.25, 0.3) is 0 Å². The number of nitriles is 1. The molecule has 0 aliphatic carbocycles. The van der Waals surface area contributed by atoms with Crippen molar-refractivity contribution in [2.24, 2.45) is 0 Å². The van der Waals surface area contributed by atoms with E-state index in [-0.39, 0.29) is 19.6 Å². The van der Waals surface area contributed by atoms with E-state index in [4.69, 9.17) is 10.00 Å². The van der Waals surface area contributed by atoms with Gasteiger partial charge in [-0.1, -0.05) is 12.1 Å². The number of ether oxygens (including phenoxy) is 1. The molecule has 0 heterocycles. The van der Waals surface area contributed by atoms with Gasteiger partial charge in [0.1, 0.15) is 0 Å². The average Bonchev–Trinajstić information content (AvgIpc) is 2.28. The van der Waals surface area contributed by atoms with Crippen molar-refractivity contribution >= 4 is 0 Å². The van der Waals surface area contributed by atoms with Crippen LogP contribution in [0.1, 0.15) is 24.0 Å². The van der Waals surface area contributed by atoms with Crippen LogP contribution in [0, 0.1) is 11.3 Å². The lowest BCUT2D eigenvalue weighted by Gasteiger charge is -2.07. The van der Waals surface area contributed by atoms with E-state index in [9.17, 15) is 13.2 Å². The molecule has 0 unspecified atom stereocenters. The van der Waals surface area contributed by atoms with Crippen LogP contribution in [0.3, 0.4) is 0 Å². The minimum absolute atomic E-state index is 0.0280. The number of rotatable bonds is 5. The van der Waals surface area contributed by atoms with Crippen LogP contribution in [0.4, 0.5) is 13.2 Å². The summed E-state index contributed by atoms with van der Waals surface area (Å²) < 4.78 is 40.5. The molecule has 5 heteroatoms. The molecule has 1 aromatic rings. The molecule has 0 spiro atoms. The zero-order chi connectivity index (χ0) is 12.7. The topological polar surface area (TPSA) is 33.0 Å². The van der Waals surface area contributed by atoms with Crippen molar-refractivity contribution in [3.63, 3.8) is 0 Å². The second-order valence-electron chi connectivity index (χ2n) is 3.58. The Kier molecular flexibility index (Phi) is 4.98. The summed E-state index contributed by atoms with van der Waals surface area (Å²) in [5, 5.41) is 8.56. The molecule has 0 bridgehead atoms. The second kappa shape index (κ2) is 6.26. The van der Waals surface area contributed by atoms with Gasteiger partial charge in [-0.25, -0.2) is 0 Å². The van der Waals surface area contributed by atoms with Crippen LogP contribution in [0.5, 0.6) is 0 Å². The summed E-state index contributed by atoms with van der Waals surface area (Å²) in [6.07, 6.45) is -4.96. The van der Waals surface area contributed by atoms with Crippen molar-refractivity contribution in [2.75, 3.05) is 6.61 Å². The summed E-state index contributed by atoms with van der Waals surface area (Å²) in [5.41, 5.74) is 1.39. The van der Waals surface area contributed by atoms with Crippen molar-refractivity contribution in [3.05, 3.63) is 35.4 Å². The van der Waals surface area contributed by atoms with E-state index in [1.165, 1.54) is 0 Å². The van der Waals surface area contributed by atoms with E-state index in [1.807, 2.05) is 6.07 Å². The zero-order valence-electron chi connectivity index (χ0n) is 9.13. The first-order valence-electron chi connectivity index (χ1n) is 5.15. The number of alkyl halides is 3. The Labute approximate surface area is 97.6 Å². The Morgan fingerprint density at radius 1 is 1.18 bits per heavy atom. The highest BCUT2D eigenvalue weighted by Crippen LogP contribution is 2.21. The molecule has 17 heavy (non-hydrogen) atoms. The SMILES string of the molecule is N#Cc1ccc(COCCCC(F)(F)F)cc1. The Morgan fingerprint density at radius 2 is 1.82 bits per heavy atom. The van der Waals surface area contributed by atoms with Gasteiger partial charge in [-0.05, 0) is 24.1 Å². The average molecular weight is 243 g/mol. The van der Waals surface area contributed by atoms with E-state index < -0.39 is 12.6 Å². The molecule has 0 radical (unpaired) electrons. The molecule has 0 aliphatic rings. The molecule has 92 valence electrons. The van der Waals surface area contributed by atoms with Gasteiger partial charge in [-0.3, -0.25) is 0 Å². The van der Waals surface area contributed by atoms with Gasteiger partial charge in [-0.2, -0.15) is 18.4 Å². The highest BCUT2D eigenvalue weighted by atomic mass is 19.4. The van der Waals surface area contributed by atoms with E-state index in [2.05, 4.69) is 0 Å². The van der Waals surface area contributed by atoms with Crippen LogP contribution >= 0.6 is 0 Å². The summed E-state index contributed by atoms with van der Waals surface area (Å²) in [6.45, 7) is 0.350. The number of hydrogen-bond acceptors (Lipinski definition) is 2. The van der Waals surface area contributed by atoms with Crippen molar-refractivity contribution in [3.8, 4) is 6.07 Å². The van der Waals surface area contributed by atoms with E-state index in [1.54, 1.807) is 24.3 Å². The van der Waals surface area contributed by atoms with Crippen LogP contribution < -0.4 is 0 Å². The summed E-state index contributed by atoms with van der Waals surface area (Å²) in [6, 6.07) is 8.72. The van der Waals surface area contributed by atoms with Crippen LogP contribution in [-0.2, 0) is 11.3 Å². The normalized spacial score (nSPS) is 11.2. The first kappa shape index (κ1) is 13.5. The molecule has 0 fully saturated rings. The van der Waals surface area contributed by atoms with Crippen LogP contribution in [0.2, 0.25) is 0 Å². The molecule has 0 aliphatic heterocycles. The third-order valence-electron chi connectivity index (χ3n) is 2.10. The number of benzene rings is 1. The fourth-order valence-corrected chi connectivity index (χ4v) is 1.24. The quantitative estimate of drug-likeness (QED) is 0.742. The highest BCUT2D eigenvalue weighted by molar-refractivity contribution is 5.31. The van der Waals surface area contributed by atoms with E-state index in [0.29, 0.717) is 5.56 Å². The van der Waals surface area contributed by atoms with Gasteiger partial charge in [0.15, 0.2) is 0 Å². The maximum atomic E-state index is 11.8. The van der Waals surface area contributed by atoms with Crippen molar-refractivity contribution in [1.82, 2.24) is 0 Å². The first-order valence-corrected chi connectivity index (χ1v) is 5.15. The summed E-state index contributed by atoms with van der Waals surface area (Å²) in [7, 11) is 0. The lowest BCUT2D eigenvalue weighted by molar-refractivity contribution is -0.138. The lowest BCUT2D eigenvalue weighted by Crippen LogP contribution is -2.08. The summed E-state index contributed by atoms with van der Waals surface area (Å²) in [5.74, 6) is 0. The Hall–Kier alpha value is -1.54. The molecule has 0 atom stereocenters. The molecule has 2 nitrogen and oxygen atoms in total. The van der Waals surface area contributed by atoms with Crippen molar-refractivity contribution in [1.29, 1.82) is 5.26 Å². The molecule has 0 saturated carbocycles. The Morgan fingerprint density at radius 3 is 2.35 bits per heavy atom. The summed E-state index contributed by atoms with van der Waals surface area (Å²) in [4.78, 5) is 0. The maximum absolute atomic E-state index is 11.8. The minimum atomic E-state index is -4.11. The number of nitrogens with zero attached hydrogens (tertiary/aromatic N) is 1. The predicted octanol–water partition coefficient (Wildman–Crippen LogP) is 3.42. The van der Waals surface area contributed by atoms with Gasteiger partial charge in [0.05, 0.1) is 18.2 Å². The second-order valence-corrected chi connectivity index (χ2v) is 3.58. The van der Waals surface area contributed by atoms with Gasteiger partial charge in [0.2, 0.25) is 0 Å². The highest BCUT2D eigenvalue weighted by Gasteiger charge is 2.25. The van der Waals surface area contributed by atoms with E-state index >= 15 is 0 Å². The minimum Gasteiger partial charge on any atom is -0.377 e. The molecule has 0 amide bonds. The van der Waals surface area contributed by atoms with Gasteiger partial charge in [0, 0.05) is 13.0 Å². The standard InChI is InChI=1S/C12H12F3NO/c13-12(14,15)6-1-7-17-9-11-4-2-10(8-16)3-5-11/h2-5H,1,6-7,9H2. The fourth-order valence-electron chi connectivity index (χ4n) is 1.24. The maximum Gasteiger partial charge on any atom is 0.389 e. The Balaban J connectivity index is 2.20. The Bertz CT molecular complexity index is 378. The molecule has 0 aromatic heterocycles. The molecular weight excluding hydrogens is 231 g/mol. The molecule has 1 rings (SSSR count). The third-order valence-corrected chi connectivity index (χ3v) is 2.10. The van der Waals surface area contributed by atoms with Crippen LogP contribution in [0.15, 0.2) is 24.3 Å². The third kappa shape index (κ3) is 5.93. The first-order chi connectivity index (χ1) is 8.01. The molecule has 0 N–H and O–H groups in total. The van der Waals surface area contributed by atoms with E-state index in [0.717, 1.165) is 5.56 Å². The van der Waals surface area contributed by atoms with Crippen LogP contribution in [-0.4, -0.2) is 12.8 Å². The van der Waals surface area contributed by atoms with Gasteiger partial charge >= 0.3 is 6.18 Å². The molecule has 0 saturated heterocycles. The lowest BCUT2D eigenvalue weighted by atomic mass is 10.2. The fraction of sp³-hybridized carbons (Fsp3) is 0.417. The number of halogens is 3. The van der Waals surface area contributed by atoms with Gasteiger partial charge < -0.3 is 4.74 Å². The van der Waals surface area contributed by atoms with Gasteiger partial charge in [-0.15, -0.1) is 0 Å². The molecule has 1 aromatic carbocycles. The smallest absolute Gasteiger partial charge is 0.377 e. The zero-order valence-corrected chi connectivity index (χ0v) is 9.13. The van der Waals surface area contributed by atoms with Crippen molar-refractivity contribution in [2.45, 2.75) is 25.6 Å². The molecular formula is C12H12F3NO. The van der Waals surface area contributed by atoms with Crippen molar-refractivity contribution < 1.29 is 17.9 Å². The summed E-state index contributed by atoms with van der Waals surface area (Å²) >= 11 is 0. The predicted molar refractivity (Wildman–Crippen MR) is 56.1 cm³/mol. The number of hydrogen-bond donors (Lipinski definition) is 0. The van der Waals surface area contributed by atoms with Crippen LogP contribution in [0.25, 0.3) is 0 Å².